The monoisotopic (exact) mass is 471 g/mol. The van der Waals surface area contributed by atoms with Crippen molar-refractivity contribution in [1.29, 1.82) is 0 Å². The van der Waals surface area contributed by atoms with E-state index in [9.17, 15) is 0 Å². The SMILES string of the molecule is COc1cc([C@@H]2CCCn3cc(-c4ccc(-n5cnc(C)c5)c(OC)n4)nc32)ccc1C(C)(C)C. The number of rotatable bonds is 5. The average Bonchev–Trinajstić information content (AvgIpc) is 3.48. The lowest BCUT2D eigenvalue weighted by Crippen LogP contribution is -2.18. The van der Waals surface area contributed by atoms with Gasteiger partial charge in [-0.2, -0.15) is 0 Å². The van der Waals surface area contributed by atoms with Crippen molar-refractivity contribution < 1.29 is 9.47 Å². The third-order valence-electron chi connectivity index (χ3n) is 6.73. The summed E-state index contributed by atoms with van der Waals surface area (Å²) in [5.74, 6) is 2.78. The molecule has 0 saturated carbocycles. The van der Waals surface area contributed by atoms with Gasteiger partial charge >= 0.3 is 0 Å². The Labute approximate surface area is 206 Å². The van der Waals surface area contributed by atoms with E-state index in [0.717, 1.165) is 53.7 Å². The standard InChI is InChI=1S/C28H33N5O2/c1-18-15-33(17-29-18)24-12-11-22(31-27(24)35-6)23-16-32-13-7-8-20(26(32)30-23)19-9-10-21(28(2,3)4)25(14-19)34-5/h9-12,14-17,20H,7-8,13H2,1-6H3/t20-/m0/s1. The van der Waals surface area contributed by atoms with Crippen LogP contribution in [0.2, 0.25) is 0 Å². The van der Waals surface area contributed by atoms with Gasteiger partial charge in [-0.1, -0.05) is 32.9 Å². The maximum absolute atomic E-state index is 5.78. The number of imidazole rings is 2. The molecule has 4 heterocycles. The highest BCUT2D eigenvalue weighted by Crippen LogP contribution is 2.39. The van der Waals surface area contributed by atoms with E-state index < -0.39 is 0 Å². The Morgan fingerprint density at radius 1 is 0.971 bits per heavy atom. The van der Waals surface area contributed by atoms with Gasteiger partial charge in [-0.3, -0.25) is 0 Å². The first-order valence-corrected chi connectivity index (χ1v) is 12.1. The second-order valence-corrected chi connectivity index (χ2v) is 10.2. The van der Waals surface area contributed by atoms with E-state index in [1.165, 1.54) is 11.1 Å². The Hall–Kier alpha value is -3.61. The fourth-order valence-electron chi connectivity index (χ4n) is 4.94. The van der Waals surface area contributed by atoms with Crippen molar-refractivity contribution in [3.8, 4) is 28.7 Å². The molecule has 4 aromatic rings. The molecule has 0 spiro atoms. The molecule has 0 unspecified atom stereocenters. The molecule has 0 amide bonds. The maximum Gasteiger partial charge on any atom is 0.238 e. The molecule has 3 aromatic heterocycles. The van der Waals surface area contributed by atoms with E-state index >= 15 is 0 Å². The van der Waals surface area contributed by atoms with Gasteiger partial charge < -0.3 is 18.6 Å². The molecule has 0 bridgehead atoms. The van der Waals surface area contributed by atoms with Gasteiger partial charge in [0, 0.05) is 24.9 Å². The fourth-order valence-corrected chi connectivity index (χ4v) is 4.94. The van der Waals surface area contributed by atoms with Crippen LogP contribution in [-0.4, -0.2) is 38.3 Å². The molecule has 1 aliphatic rings. The van der Waals surface area contributed by atoms with E-state index in [0.29, 0.717) is 5.88 Å². The third kappa shape index (κ3) is 4.31. The molecule has 5 rings (SSSR count). The normalized spacial score (nSPS) is 15.7. The van der Waals surface area contributed by atoms with Crippen LogP contribution in [0.15, 0.2) is 49.1 Å². The first-order chi connectivity index (χ1) is 16.8. The largest absolute Gasteiger partial charge is 0.496 e. The Morgan fingerprint density at radius 3 is 2.49 bits per heavy atom. The van der Waals surface area contributed by atoms with Crippen LogP contribution in [0, 0.1) is 6.92 Å². The van der Waals surface area contributed by atoms with E-state index in [4.69, 9.17) is 19.4 Å². The van der Waals surface area contributed by atoms with Crippen molar-refractivity contribution in [3.63, 3.8) is 0 Å². The summed E-state index contributed by atoms with van der Waals surface area (Å²) in [6, 6.07) is 10.6. The van der Waals surface area contributed by atoms with Crippen molar-refractivity contribution in [1.82, 2.24) is 24.1 Å². The summed E-state index contributed by atoms with van der Waals surface area (Å²) < 4.78 is 15.6. The first kappa shape index (κ1) is 23.1. The summed E-state index contributed by atoms with van der Waals surface area (Å²) in [4.78, 5) is 14.2. The van der Waals surface area contributed by atoms with Gasteiger partial charge in [0.05, 0.1) is 31.9 Å². The average molecular weight is 472 g/mol. The quantitative estimate of drug-likeness (QED) is 0.375. The van der Waals surface area contributed by atoms with Crippen LogP contribution in [0.3, 0.4) is 0 Å². The van der Waals surface area contributed by atoms with Gasteiger partial charge in [0.15, 0.2) is 0 Å². The van der Waals surface area contributed by atoms with Crippen LogP contribution in [0.4, 0.5) is 0 Å². The number of ether oxygens (including phenoxy) is 2. The number of benzene rings is 1. The molecular formula is C28H33N5O2. The maximum atomic E-state index is 5.78. The molecule has 1 aromatic carbocycles. The predicted octanol–water partition coefficient (Wildman–Crippen LogP) is 5.68. The first-order valence-electron chi connectivity index (χ1n) is 12.1. The van der Waals surface area contributed by atoms with Crippen LogP contribution in [0.5, 0.6) is 11.6 Å². The molecule has 0 radical (unpaired) electrons. The molecule has 0 N–H and O–H groups in total. The minimum Gasteiger partial charge on any atom is -0.496 e. The molecule has 0 saturated heterocycles. The van der Waals surface area contributed by atoms with E-state index in [1.54, 1.807) is 20.5 Å². The van der Waals surface area contributed by atoms with Gasteiger partial charge in [-0.15, -0.1) is 0 Å². The molecule has 35 heavy (non-hydrogen) atoms. The zero-order valence-electron chi connectivity index (χ0n) is 21.4. The van der Waals surface area contributed by atoms with E-state index in [2.05, 4.69) is 54.7 Å². The van der Waals surface area contributed by atoms with Crippen molar-refractivity contribution >= 4 is 0 Å². The van der Waals surface area contributed by atoms with E-state index in [1.807, 2.05) is 29.8 Å². The molecule has 0 fully saturated rings. The minimum absolute atomic E-state index is 0.0222. The smallest absolute Gasteiger partial charge is 0.238 e. The number of nitrogens with zero attached hydrogens (tertiary/aromatic N) is 5. The number of aryl methyl sites for hydroxylation is 2. The zero-order chi connectivity index (χ0) is 24.7. The van der Waals surface area contributed by atoms with Crippen molar-refractivity contribution in [2.45, 2.75) is 58.4 Å². The number of hydrogen-bond donors (Lipinski definition) is 0. The summed E-state index contributed by atoms with van der Waals surface area (Å²) in [6.45, 7) is 9.56. The van der Waals surface area contributed by atoms with E-state index in [-0.39, 0.29) is 11.3 Å². The van der Waals surface area contributed by atoms with Gasteiger partial charge in [-0.25, -0.2) is 15.0 Å². The molecule has 1 atom stereocenters. The zero-order valence-corrected chi connectivity index (χ0v) is 21.4. The highest BCUT2D eigenvalue weighted by Gasteiger charge is 2.27. The van der Waals surface area contributed by atoms with Crippen molar-refractivity contribution in [2.24, 2.45) is 0 Å². The summed E-state index contributed by atoms with van der Waals surface area (Å²) in [6.07, 6.45) is 8.01. The molecule has 1 aliphatic heterocycles. The topological polar surface area (TPSA) is 67.0 Å². The Kier molecular flexibility index (Phi) is 5.87. The summed E-state index contributed by atoms with van der Waals surface area (Å²) in [5.41, 5.74) is 5.92. The van der Waals surface area contributed by atoms with Gasteiger partial charge in [0.2, 0.25) is 5.88 Å². The van der Waals surface area contributed by atoms with Gasteiger partial charge in [0.1, 0.15) is 23.0 Å². The fraction of sp³-hybridized carbons (Fsp3) is 0.393. The summed E-state index contributed by atoms with van der Waals surface area (Å²) >= 11 is 0. The number of hydrogen-bond acceptors (Lipinski definition) is 5. The highest BCUT2D eigenvalue weighted by molar-refractivity contribution is 5.59. The second-order valence-electron chi connectivity index (χ2n) is 10.2. The van der Waals surface area contributed by atoms with Crippen LogP contribution >= 0.6 is 0 Å². The molecular weight excluding hydrogens is 438 g/mol. The Bertz CT molecular complexity index is 1360. The number of aromatic nitrogens is 5. The third-order valence-corrected chi connectivity index (χ3v) is 6.73. The predicted molar refractivity (Wildman–Crippen MR) is 137 cm³/mol. The number of methoxy groups -OCH3 is 2. The van der Waals surface area contributed by atoms with Crippen LogP contribution in [0.1, 0.15) is 62.2 Å². The lowest BCUT2D eigenvalue weighted by atomic mass is 9.83. The Balaban J connectivity index is 1.51. The van der Waals surface area contributed by atoms with Crippen molar-refractivity contribution in [2.75, 3.05) is 14.2 Å². The number of fused-ring (bicyclic) bond motifs is 1. The Morgan fingerprint density at radius 2 is 1.80 bits per heavy atom. The summed E-state index contributed by atoms with van der Waals surface area (Å²) in [5, 5.41) is 0. The van der Waals surface area contributed by atoms with Gasteiger partial charge in [0.25, 0.3) is 0 Å². The van der Waals surface area contributed by atoms with Crippen LogP contribution in [-0.2, 0) is 12.0 Å². The van der Waals surface area contributed by atoms with Crippen LogP contribution < -0.4 is 9.47 Å². The lowest BCUT2D eigenvalue weighted by Gasteiger charge is -2.26. The lowest BCUT2D eigenvalue weighted by molar-refractivity contribution is 0.395. The number of pyridine rings is 1. The molecule has 182 valence electrons. The van der Waals surface area contributed by atoms with Crippen molar-refractivity contribution in [3.05, 3.63) is 71.7 Å². The molecule has 0 aliphatic carbocycles. The minimum atomic E-state index is 0.0222. The molecule has 7 nitrogen and oxygen atoms in total. The second kappa shape index (κ2) is 8.87. The van der Waals surface area contributed by atoms with Gasteiger partial charge in [-0.05, 0) is 54.5 Å². The molecule has 7 heteroatoms. The van der Waals surface area contributed by atoms with Crippen LogP contribution in [0.25, 0.3) is 17.1 Å². The highest BCUT2D eigenvalue weighted by atomic mass is 16.5. The summed E-state index contributed by atoms with van der Waals surface area (Å²) in [7, 11) is 3.39.